The number of hydrogen-bond acceptors (Lipinski definition) is 4. The highest BCUT2D eigenvalue weighted by molar-refractivity contribution is 6.21. The molecule has 0 bridgehead atoms. The van der Waals surface area contributed by atoms with Gasteiger partial charge >= 0.3 is 0 Å². The van der Waals surface area contributed by atoms with Gasteiger partial charge in [0.1, 0.15) is 0 Å². The van der Waals surface area contributed by atoms with Crippen molar-refractivity contribution >= 4 is 35.0 Å². The maximum absolute atomic E-state index is 13.5. The first-order chi connectivity index (χ1) is 15.9. The van der Waals surface area contributed by atoms with Gasteiger partial charge in [-0.25, -0.2) is 0 Å². The number of amides is 4. The van der Waals surface area contributed by atoms with Crippen LogP contribution >= 0.6 is 0 Å². The molecule has 0 spiro atoms. The van der Waals surface area contributed by atoms with E-state index < -0.39 is 0 Å². The predicted molar refractivity (Wildman–Crippen MR) is 123 cm³/mol. The Labute approximate surface area is 190 Å². The Morgan fingerprint density at radius 3 is 2.30 bits per heavy atom. The maximum Gasteiger partial charge on any atom is 0.261 e. The molecule has 0 aliphatic carbocycles. The molecule has 5 rings (SSSR count). The van der Waals surface area contributed by atoms with E-state index in [2.05, 4.69) is 5.32 Å². The minimum atomic E-state index is -0.386. The molecule has 1 N–H and O–H groups in total. The Bertz CT molecular complexity index is 1280. The van der Waals surface area contributed by atoms with Crippen molar-refractivity contribution in [2.24, 2.45) is 5.92 Å². The van der Waals surface area contributed by atoms with Crippen LogP contribution in [0, 0.1) is 5.92 Å². The lowest BCUT2D eigenvalue weighted by Gasteiger charge is -2.24. The van der Waals surface area contributed by atoms with Crippen LogP contribution in [0.3, 0.4) is 0 Å². The smallest absolute Gasteiger partial charge is 0.261 e. The molecular formula is C26H21N3O4. The number of anilines is 2. The number of hydrogen-bond donors (Lipinski definition) is 1. The first-order valence-corrected chi connectivity index (χ1v) is 10.7. The van der Waals surface area contributed by atoms with Crippen LogP contribution < -0.4 is 10.2 Å². The molecule has 0 radical (unpaired) electrons. The van der Waals surface area contributed by atoms with Gasteiger partial charge in [-0.3, -0.25) is 24.1 Å². The molecule has 7 heteroatoms. The molecule has 2 heterocycles. The van der Waals surface area contributed by atoms with Gasteiger partial charge in [0, 0.05) is 12.1 Å². The summed E-state index contributed by atoms with van der Waals surface area (Å²) in [6.07, 6.45) is 0. The van der Waals surface area contributed by atoms with Crippen LogP contribution in [0.2, 0.25) is 0 Å². The third-order valence-electron chi connectivity index (χ3n) is 5.99. The average molecular weight is 439 g/mol. The van der Waals surface area contributed by atoms with E-state index in [4.69, 9.17) is 0 Å². The number of benzene rings is 3. The highest BCUT2D eigenvalue weighted by Gasteiger charge is 2.35. The van der Waals surface area contributed by atoms with Gasteiger partial charge in [0.05, 0.1) is 35.0 Å². The van der Waals surface area contributed by atoms with Crippen molar-refractivity contribution in [3.8, 4) is 0 Å². The normalized spacial score (nSPS) is 17.4. The second-order valence-electron chi connectivity index (χ2n) is 8.27. The van der Waals surface area contributed by atoms with Gasteiger partial charge in [0.25, 0.3) is 17.7 Å². The van der Waals surface area contributed by atoms with Crippen LogP contribution in [-0.4, -0.2) is 35.1 Å². The summed E-state index contributed by atoms with van der Waals surface area (Å²) in [5, 5.41) is 2.87. The lowest BCUT2D eigenvalue weighted by Crippen LogP contribution is -2.36. The van der Waals surface area contributed by atoms with Crippen molar-refractivity contribution in [3.63, 3.8) is 0 Å². The van der Waals surface area contributed by atoms with Crippen LogP contribution in [0.25, 0.3) is 0 Å². The lowest BCUT2D eigenvalue weighted by atomic mass is 10.1. The van der Waals surface area contributed by atoms with Gasteiger partial charge in [-0.05, 0) is 42.0 Å². The van der Waals surface area contributed by atoms with Crippen molar-refractivity contribution < 1.29 is 19.2 Å². The van der Waals surface area contributed by atoms with Gasteiger partial charge in [-0.2, -0.15) is 0 Å². The predicted octanol–water partition coefficient (Wildman–Crippen LogP) is 3.72. The number of fused-ring (bicyclic) bond motifs is 2. The fraction of sp³-hybridized carbons (Fsp3) is 0.154. The SMILES string of the molecule is CC1CN(C(=O)c2cccc(CN3C(=O)c4ccccc4C3=O)c2)c2ccccc2NC1=O. The van der Waals surface area contributed by atoms with E-state index in [1.165, 1.54) is 4.90 Å². The summed E-state index contributed by atoms with van der Waals surface area (Å²) in [6.45, 7) is 2.09. The fourth-order valence-corrected chi connectivity index (χ4v) is 4.24. The van der Waals surface area contributed by atoms with Crippen molar-refractivity contribution in [2.75, 3.05) is 16.8 Å². The molecular weight excluding hydrogens is 418 g/mol. The molecule has 2 aliphatic heterocycles. The molecule has 33 heavy (non-hydrogen) atoms. The van der Waals surface area contributed by atoms with Crippen LogP contribution in [0.15, 0.2) is 72.8 Å². The summed E-state index contributed by atoms with van der Waals surface area (Å²) < 4.78 is 0. The first-order valence-electron chi connectivity index (χ1n) is 10.7. The molecule has 1 unspecified atom stereocenters. The summed E-state index contributed by atoms with van der Waals surface area (Å²) in [7, 11) is 0. The van der Waals surface area contributed by atoms with Gasteiger partial charge in [0.15, 0.2) is 0 Å². The Kier molecular flexibility index (Phi) is 5.01. The van der Waals surface area contributed by atoms with Crippen molar-refractivity contribution in [1.82, 2.24) is 4.90 Å². The van der Waals surface area contributed by atoms with E-state index >= 15 is 0 Å². The molecule has 2 aliphatic rings. The number of carbonyl (C=O) groups is 4. The second kappa shape index (κ2) is 8.02. The molecule has 0 saturated carbocycles. The van der Waals surface area contributed by atoms with E-state index in [-0.39, 0.29) is 42.6 Å². The minimum absolute atomic E-state index is 0.0699. The monoisotopic (exact) mass is 439 g/mol. The van der Waals surface area contributed by atoms with Gasteiger partial charge in [0.2, 0.25) is 5.91 Å². The van der Waals surface area contributed by atoms with Crippen molar-refractivity contribution in [2.45, 2.75) is 13.5 Å². The summed E-state index contributed by atoms with van der Waals surface area (Å²) in [6, 6.07) is 20.8. The highest BCUT2D eigenvalue weighted by atomic mass is 16.2. The zero-order valence-corrected chi connectivity index (χ0v) is 17.9. The molecule has 4 amide bonds. The second-order valence-corrected chi connectivity index (χ2v) is 8.27. The quantitative estimate of drug-likeness (QED) is 0.630. The Balaban J connectivity index is 1.43. The summed E-state index contributed by atoms with van der Waals surface area (Å²) in [5.41, 5.74) is 3.08. The number of rotatable bonds is 3. The number of nitrogens with zero attached hydrogens (tertiary/aromatic N) is 2. The van der Waals surface area contributed by atoms with Gasteiger partial charge < -0.3 is 10.2 Å². The average Bonchev–Trinajstić information content (AvgIpc) is 2.99. The third-order valence-corrected chi connectivity index (χ3v) is 5.99. The van der Waals surface area contributed by atoms with Crippen LogP contribution in [0.4, 0.5) is 11.4 Å². The molecule has 3 aromatic rings. The van der Waals surface area contributed by atoms with E-state index in [1.54, 1.807) is 78.6 Å². The Morgan fingerprint density at radius 1 is 0.909 bits per heavy atom. The third kappa shape index (κ3) is 3.57. The number of carbonyl (C=O) groups excluding carboxylic acids is 4. The topological polar surface area (TPSA) is 86.8 Å². The van der Waals surface area contributed by atoms with E-state index in [9.17, 15) is 19.2 Å². The van der Waals surface area contributed by atoms with Crippen LogP contribution in [-0.2, 0) is 11.3 Å². The standard InChI is InChI=1S/C26H21N3O4/c1-16-14-28(22-12-5-4-11-21(22)27-23(16)30)24(31)18-8-6-7-17(13-18)15-29-25(32)19-9-2-3-10-20(19)26(29)33/h2-13,16H,14-15H2,1H3,(H,27,30). The van der Waals surface area contributed by atoms with Crippen LogP contribution in [0.5, 0.6) is 0 Å². The number of para-hydroxylation sites is 2. The largest absolute Gasteiger partial charge is 0.324 e. The molecule has 7 nitrogen and oxygen atoms in total. The zero-order chi connectivity index (χ0) is 23.1. The number of nitrogens with one attached hydrogen (secondary N) is 1. The first kappa shape index (κ1) is 20.6. The molecule has 0 fully saturated rings. The molecule has 1 atom stereocenters. The van der Waals surface area contributed by atoms with E-state index in [1.807, 2.05) is 6.07 Å². The highest BCUT2D eigenvalue weighted by Crippen LogP contribution is 2.31. The summed E-state index contributed by atoms with van der Waals surface area (Å²) in [5.74, 6) is -1.46. The van der Waals surface area contributed by atoms with Gasteiger partial charge in [-0.1, -0.05) is 43.3 Å². The fourth-order valence-electron chi connectivity index (χ4n) is 4.24. The Morgan fingerprint density at radius 2 is 1.58 bits per heavy atom. The van der Waals surface area contributed by atoms with E-state index in [0.29, 0.717) is 33.6 Å². The Hall–Kier alpha value is -4.26. The zero-order valence-electron chi connectivity index (χ0n) is 17.9. The lowest BCUT2D eigenvalue weighted by molar-refractivity contribution is -0.119. The summed E-state index contributed by atoms with van der Waals surface area (Å²) in [4.78, 5) is 54.1. The minimum Gasteiger partial charge on any atom is -0.324 e. The number of imide groups is 1. The molecule has 164 valence electrons. The molecule has 0 saturated heterocycles. The molecule has 3 aromatic carbocycles. The van der Waals surface area contributed by atoms with E-state index in [0.717, 1.165) is 0 Å². The maximum atomic E-state index is 13.5. The van der Waals surface area contributed by atoms with Gasteiger partial charge in [-0.15, -0.1) is 0 Å². The van der Waals surface area contributed by atoms with Crippen molar-refractivity contribution in [3.05, 3.63) is 95.1 Å². The summed E-state index contributed by atoms with van der Waals surface area (Å²) >= 11 is 0. The van der Waals surface area contributed by atoms with Crippen LogP contribution in [0.1, 0.15) is 43.6 Å². The molecule has 0 aromatic heterocycles. The van der Waals surface area contributed by atoms with Crippen molar-refractivity contribution in [1.29, 1.82) is 0 Å².